The van der Waals surface area contributed by atoms with E-state index in [-0.39, 0.29) is 18.0 Å². The van der Waals surface area contributed by atoms with Crippen molar-refractivity contribution in [2.45, 2.75) is 32.6 Å². The van der Waals surface area contributed by atoms with Crippen LogP contribution >= 0.6 is 0 Å². The number of rotatable bonds is 2. The van der Waals surface area contributed by atoms with Gasteiger partial charge in [0.15, 0.2) is 5.65 Å². The first-order chi connectivity index (χ1) is 13.1. The van der Waals surface area contributed by atoms with E-state index < -0.39 is 0 Å². The highest BCUT2D eigenvalue weighted by Gasteiger charge is 2.31. The summed E-state index contributed by atoms with van der Waals surface area (Å²) in [7, 11) is 0. The zero-order valence-electron chi connectivity index (χ0n) is 14.8. The molecule has 0 fully saturated rings. The second-order valence-corrected chi connectivity index (χ2v) is 6.72. The molecule has 0 saturated heterocycles. The number of halogens is 1. The lowest BCUT2D eigenvalue weighted by molar-refractivity contribution is -0.0101. The first-order valence-corrected chi connectivity index (χ1v) is 8.77. The zero-order valence-corrected chi connectivity index (χ0v) is 14.8. The molecule has 0 aliphatic carbocycles. The highest BCUT2D eigenvalue weighted by molar-refractivity contribution is 5.97. The summed E-state index contributed by atoms with van der Waals surface area (Å²) in [6.45, 7) is 4.55. The van der Waals surface area contributed by atoms with Gasteiger partial charge < -0.3 is 4.74 Å². The molecule has 2 atom stereocenters. The number of ether oxygens (including phenoxy) is 1. The molecule has 4 aromatic heterocycles. The summed E-state index contributed by atoms with van der Waals surface area (Å²) in [4.78, 5) is 8.58. The van der Waals surface area contributed by atoms with E-state index in [1.54, 1.807) is 18.5 Å². The van der Waals surface area contributed by atoms with Gasteiger partial charge in [0, 0.05) is 22.7 Å². The molecule has 8 heteroatoms. The molecule has 1 aliphatic heterocycles. The van der Waals surface area contributed by atoms with E-state index in [2.05, 4.69) is 27.1 Å². The van der Waals surface area contributed by atoms with Gasteiger partial charge in [0.25, 0.3) is 0 Å². The van der Waals surface area contributed by atoms with E-state index in [4.69, 9.17) is 9.84 Å². The molecule has 4 aromatic rings. The summed E-state index contributed by atoms with van der Waals surface area (Å²) in [6, 6.07) is 5.05. The van der Waals surface area contributed by atoms with Crippen LogP contribution in [-0.4, -0.2) is 36.0 Å². The lowest BCUT2D eigenvalue weighted by Gasteiger charge is -2.28. The third-order valence-corrected chi connectivity index (χ3v) is 5.15. The Bertz CT molecular complexity index is 1130. The number of nitrogens with one attached hydrogen (secondary N) is 1. The fraction of sp³-hybridized carbons (Fsp3) is 0.263. The van der Waals surface area contributed by atoms with E-state index in [0.29, 0.717) is 23.6 Å². The van der Waals surface area contributed by atoms with Crippen LogP contribution in [-0.2, 0) is 11.3 Å². The number of nitrogens with zero attached hydrogens (tertiary/aromatic N) is 5. The number of aromatic amines is 1. The van der Waals surface area contributed by atoms with Crippen molar-refractivity contribution >= 4 is 11.0 Å². The molecule has 0 saturated carbocycles. The molecule has 5 heterocycles. The van der Waals surface area contributed by atoms with Gasteiger partial charge in [-0.1, -0.05) is 0 Å². The molecule has 0 spiro atoms. The number of H-pyrrole nitrogens is 1. The van der Waals surface area contributed by atoms with Gasteiger partial charge in [-0.05, 0) is 32.0 Å². The predicted molar refractivity (Wildman–Crippen MR) is 97.3 cm³/mol. The minimum Gasteiger partial charge on any atom is -0.370 e. The van der Waals surface area contributed by atoms with Crippen LogP contribution in [0.1, 0.15) is 25.6 Å². The van der Waals surface area contributed by atoms with Crippen LogP contribution in [0.4, 0.5) is 4.39 Å². The lowest BCUT2D eigenvalue weighted by atomic mass is 9.99. The van der Waals surface area contributed by atoms with Crippen LogP contribution in [0.25, 0.3) is 33.5 Å². The SMILES string of the molecule is C[C@@H]1OCc2c(-c3ccnc4[nH]ncc34)c(-c3ccc(F)cn3)nn2[C@H]1C. The molecule has 0 aromatic carbocycles. The Morgan fingerprint density at radius 1 is 1.19 bits per heavy atom. The summed E-state index contributed by atoms with van der Waals surface area (Å²) < 4.78 is 21.4. The summed E-state index contributed by atoms with van der Waals surface area (Å²) in [5.41, 5.74) is 4.84. The second kappa shape index (κ2) is 5.95. The molecule has 0 bridgehead atoms. The van der Waals surface area contributed by atoms with E-state index in [0.717, 1.165) is 22.2 Å². The lowest BCUT2D eigenvalue weighted by Crippen LogP contribution is -2.29. The summed E-state index contributed by atoms with van der Waals surface area (Å²) in [5.74, 6) is -0.379. The van der Waals surface area contributed by atoms with Crippen molar-refractivity contribution in [3.05, 3.63) is 48.3 Å². The second-order valence-electron chi connectivity index (χ2n) is 6.72. The fourth-order valence-corrected chi connectivity index (χ4v) is 3.54. The summed E-state index contributed by atoms with van der Waals surface area (Å²) in [5, 5.41) is 12.8. The van der Waals surface area contributed by atoms with Crippen molar-refractivity contribution in [2.75, 3.05) is 0 Å². The Labute approximate surface area is 154 Å². The summed E-state index contributed by atoms with van der Waals surface area (Å²) in [6.07, 6.45) is 4.74. The molecule has 0 radical (unpaired) electrons. The molecule has 0 unspecified atom stereocenters. The number of pyridine rings is 2. The topological polar surface area (TPSA) is 81.5 Å². The number of fused-ring (bicyclic) bond motifs is 2. The van der Waals surface area contributed by atoms with E-state index in [1.165, 1.54) is 12.3 Å². The quantitative estimate of drug-likeness (QED) is 0.589. The highest BCUT2D eigenvalue weighted by atomic mass is 19.1. The van der Waals surface area contributed by atoms with Crippen molar-refractivity contribution in [3.8, 4) is 22.5 Å². The Morgan fingerprint density at radius 2 is 2.07 bits per heavy atom. The van der Waals surface area contributed by atoms with Crippen molar-refractivity contribution in [2.24, 2.45) is 0 Å². The van der Waals surface area contributed by atoms with Crippen molar-refractivity contribution < 1.29 is 9.13 Å². The molecule has 1 aliphatic rings. The van der Waals surface area contributed by atoms with Gasteiger partial charge in [-0.3, -0.25) is 14.8 Å². The first kappa shape index (κ1) is 16.1. The van der Waals surface area contributed by atoms with Crippen molar-refractivity contribution in [1.29, 1.82) is 0 Å². The van der Waals surface area contributed by atoms with E-state index >= 15 is 0 Å². The fourth-order valence-electron chi connectivity index (χ4n) is 3.54. The van der Waals surface area contributed by atoms with Crippen LogP contribution in [0, 0.1) is 5.82 Å². The number of hydrogen-bond acceptors (Lipinski definition) is 5. The van der Waals surface area contributed by atoms with Gasteiger partial charge in [-0.25, -0.2) is 9.37 Å². The van der Waals surface area contributed by atoms with Gasteiger partial charge in [0.05, 0.1) is 42.5 Å². The maximum Gasteiger partial charge on any atom is 0.155 e. The average Bonchev–Trinajstić information content (AvgIpc) is 3.30. The van der Waals surface area contributed by atoms with Crippen LogP contribution in [0.5, 0.6) is 0 Å². The highest BCUT2D eigenvalue weighted by Crippen LogP contribution is 2.40. The molecule has 0 amide bonds. The zero-order chi connectivity index (χ0) is 18.5. The van der Waals surface area contributed by atoms with Crippen molar-refractivity contribution in [3.63, 3.8) is 0 Å². The Morgan fingerprint density at radius 3 is 2.89 bits per heavy atom. The van der Waals surface area contributed by atoms with Gasteiger partial charge in [0.2, 0.25) is 0 Å². The number of hydrogen-bond donors (Lipinski definition) is 1. The van der Waals surface area contributed by atoms with E-state index in [9.17, 15) is 4.39 Å². The number of aromatic nitrogens is 6. The van der Waals surface area contributed by atoms with Crippen molar-refractivity contribution in [1.82, 2.24) is 29.9 Å². The molecule has 136 valence electrons. The van der Waals surface area contributed by atoms with Gasteiger partial charge in [-0.2, -0.15) is 10.2 Å². The van der Waals surface area contributed by atoms with Gasteiger partial charge in [-0.15, -0.1) is 0 Å². The van der Waals surface area contributed by atoms with Crippen LogP contribution in [0.2, 0.25) is 0 Å². The summed E-state index contributed by atoms with van der Waals surface area (Å²) >= 11 is 0. The van der Waals surface area contributed by atoms with Crippen LogP contribution < -0.4 is 0 Å². The normalized spacial score (nSPS) is 19.4. The molecule has 27 heavy (non-hydrogen) atoms. The Kier molecular flexibility index (Phi) is 3.54. The molecular formula is C19H17FN6O. The smallest absolute Gasteiger partial charge is 0.155 e. The third-order valence-electron chi connectivity index (χ3n) is 5.15. The van der Waals surface area contributed by atoms with E-state index in [1.807, 2.05) is 17.7 Å². The monoisotopic (exact) mass is 364 g/mol. The standard InChI is InChI=1S/C19H17FN6O/c1-10-11(2)27-9-16-17(13-5-6-21-19-14(13)8-23-24-19)18(25-26(10)16)15-4-3-12(20)7-22-15/h3-8,10-11H,9H2,1-2H3,(H,21,23,24)/t10-,11-/m0/s1. The average molecular weight is 364 g/mol. The first-order valence-electron chi connectivity index (χ1n) is 8.77. The van der Waals surface area contributed by atoms with Gasteiger partial charge in [0.1, 0.15) is 11.5 Å². The minimum absolute atomic E-state index is 0.0469. The maximum absolute atomic E-state index is 13.4. The Balaban J connectivity index is 1.82. The minimum atomic E-state index is -0.379. The Hall–Kier alpha value is -3.13. The molecule has 7 nitrogen and oxygen atoms in total. The largest absolute Gasteiger partial charge is 0.370 e. The van der Waals surface area contributed by atoms with Crippen LogP contribution in [0.3, 0.4) is 0 Å². The van der Waals surface area contributed by atoms with Crippen LogP contribution in [0.15, 0.2) is 36.8 Å². The molecular weight excluding hydrogens is 347 g/mol. The molecule has 1 N–H and O–H groups in total. The van der Waals surface area contributed by atoms with Gasteiger partial charge >= 0.3 is 0 Å². The maximum atomic E-state index is 13.4. The third kappa shape index (κ3) is 2.44. The predicted octanol–water partition coefficient (Wildman–Crippen LogP) is 3.50. The molecule has 5 rings (SSSR count).